The third-order valence-electron chi connectivity index (χ3n) is 5.29. The van der Waals surface area contributed by atoms with E-state index >= 15 is 0 Å². The van der Waals surface area contributed by atoms with E-state index in [0.29, 0.717) is 17.9 Å². The molecular formula is C21H27N5O2. The Morgan fingerprint density at radius 2 is 2.00 bits per heavy atom. The van der Waals surface area contributed by atoms with E-state index in [-0.39, 0.29) is 5.91 Å². The summed E-state index contributed by atoms with van der Waals surface area (Å²) in [5.74, 6) is 2.06. The van der Waals surface area contributed by atoms with E-state index < -0.39 is 6.10 Å². The SMILES string of the molecule is CN(C)c1nc(N2CCCCC2)ncc1NC(=O)C1CCc2ccccc2O1. The van der Waals surface area contributed by atoms with E-state index in [1.165, 1.54) is 19.3 Å². The van der Waals surface area contributed by atoms with Crippen molar-refractivity contribution in [3.63, 3.8) is 0 Å². The molecule has 3 heterocycles. The Hall–Kier alpha value is -2.83. The molecule has 1 unspecified atom stereocenters. The number of ether oxygens (including phenoxy) is 1. The molecule has 4 rings (SSSR count). The van der Waals surface area contributed by atoms with Gasteiger partial charge in [-0.15, -0.1) is 0 Å². The van der Waals surface area contributed by atoms with E-state index in [1.807, 2.05) is 43.3 Å². The number of piperidine rings is 1. The van der Waals surface area contributed by atoms with Crippen molar-refractivity contribution in [2.45, 2.75) is 38.2 Å². The lowest BCUT2D eigenvalue weighted by atomic mass is 10.0. The Kier molecular flexibility index (Phi) is 5.32. The fraction of sp³-hybridized carbons (Fsp3) is 0.476. The van der Waals surface area contributed by atoms with Gasteiger partial charge in [-0.2, -0.15) is 4.98 Å². The highest BCUT2D eigenvalue weighted by Crippen LogP contribution is 2.29. The quantitative estimate of drug-likeness (QED) is 0.878. The first-order chi connectivity index (χ1) is 13.6. The lowest BCUT2D eigenvalue weighted by Gasteiger charge is -2.28. The fourth-order valence-corrected chi connectivity index (χ4v) is 3.76. The number of anilines is 3. The molecule has 1 saturated heterocycles. The smallest absolute Gasteiger partial charge is 0.265 e. The molecule has 1 atom stereocenters. The maximum absolute atomic E-state index is 12.8. The number of fused-ring (bicyclic) bond motifs is 1. The van der Waals surface area contributed by atoms with Gasteiger partial charge in [-0.1, -0.05) is 18.2 Å². The molecule has 1 amide bonds. The van der Waals surface area contributed by atoms with Gasteiger partial charge in [0.1, 0.15) is 11.4 Å². The molecule has 7 heteroatoms. The van der Waals surface area contributed by atoms with E-state index in [2.05, 4.69) is 15.2 Å². The van der Waals surface area contributed by atoms with Gasteiger partial charge in [0.15, 0.2) is 11.9 Å². The van der Waals surface area contributed by atoms with Gasteiger partial charge in [0.25, 0.3) is 5.91 Å². The third-order valence-corrected chi connectivity index (χ3v) is 5.29. The Labute approximate surface area is 165 Å². The maximum Gasteiger partial charge on any atom is 0.265 e. The average molecular weight is 381 g/mol. The van der Waals surface area contributed by atoms with Crippen LogP contribution in [-0.2, 0) is 11.2 Å². The number of nitrogens with one attached hydrogen (secondary N) is 1. The van der Waals surface area contributed by atoms with Crippen molar-refractivity contribution < 1.29 is 9.53 Å². The number of amides is 1. The first-order valence-electron chi connectivity index (χ1n) is 9.96. The van der Waals surface area contributed by atoms with E-state index in [4.69, 9.17) is 9.72 Å². The number of carbonyl (C=O) groups is 1. The number of aromatic nitrogens is 2. The zero-order valence-electron chi connectivity index (χ0n) is 16.5. The van der Waals surface area contributed by atoms with Gasteiger partial charge in [0, 0.05) is 27.2 Å². The average Bonchev–Trinajstić information content (AvgIpc) is 2.74. The van der Waals surface area contributed by atoms with Crippen molar-refractivity contribution in [3.8, 4) is 5.75 Å². The van der Waals surface area contributed by atoms with E-state index in [0.717, 1.165) is 36.8 Å². The number of hydrogen-bond acceptors (Lipinski definition) is 6. The summed E-state index contributed by atoms with van der Waals surface area (Å²) in [5.41, 5.74) is 1.76. The molecule has 2 aliphatic rings. The molecule has 1 aromatic heterocycles. The van der Waals surface area contributed by atoms with Gasteiger partial charge >= 0.3 is 0 Å². The van der Waals surface area contributed by atoms with Crippen LogP contribution in [0.5, 0.6) is 5.75 Å². The summed E-state index contributed by atoms with van der Waals surface area (Å²) in [6, 6.07) is 7.88. The minimum absolute atomic E-state index is 0.160. The number of rotatable bonds is 4. The molecule has 0 aliphatic carbocycles. The Balaban J connectivity index is 1.50. The summed E-state index contributed by atoms with van der Waals surface area (Å²) < 4.78 is 5.91. The van der Waals surface area contributed by atoms with Crippen LogP contribution >= 0.6 is 0 Å². The first kappa shape index (κ1) is 18.5. The molecular weight excluding hydrogens is 354 g/mol. The minimum atomic E-state index is -0.508. The normalized spacial score (nSPS) is 18.8. The monoisotopic (exact) mass is 381 g/mol. The minimum Gasteiger partial charge on any atom is -0.480 e. The van der Waals surface area contributed by atoms with Crippen molar-refractivity contribution >= 4 is 23.4 Å². The Morgan fingerprint density at radius 1 is 1.21 bits per heavy atom. The fourth-order valence-electron chi connectivity index (χ4n) is 3.76. The topological polar surface area (TPSA) is 70.6 Å². The van der Waals surface area contributed by atoms with Crippen LogP contribution in [0.2, 0.25) is 0 Å². The zero-order valence-corrected chi connectivity index (χ0v) is 16.5. The van der Waals surface area contributed by atoms with Gasteiger partial charge in [0.05, 0.1) is 6.20 Å². The largest absolute Gasteiger partial charge is 0.480 e. The molecule has 0 saturated carbocycles. The predicted octanol–water partition coefficient (Wildman–Crippen LogP) is 2.87. The van der Waals surface area contributed by atoms with Crippen LogP contribution in [-0.4, -0.2) is 49.2 Å². The van der Waals surface area contributed by atoms with Gasteiger partial charge in [-0.3, -0.25) is 4.79 Å². The van der Waals surface area contributed by atoms with Gasteiger partial charge < -0.3 is 19.9 Å². The summed E-state index contributed by atoms with van der Waals surface area (Å²) in [6.45, 7) is 1.96. The Bertz CT molecular complexity index is 848. The molecule has 1 aromatic carbocycles. The lowest BCUT2D eigenvalue weighted by molar-refractivity contribution is -0.123. The number of para-hydroxylation sites is 1. The highest BCUT2D eigenvalue weighted by molar-refractivity contribution is 5.96. The summed E-state index contributed by atoms with van der Waals surface area (Å²) in [7, 11) is 3.84. The van der Waals surface area contributed by atoms with Gasteiger partial charge in [-0.25, -0.2) is 4.98 Å². The van der Waals surface area contributed by atoms with Gasteiger partial charge in [0.2, 0.25) is 5.95 Å². The number of benzene rings is 1. The summed E-state index contributed by atoms with van der Waals surface area (Å²) in [5, 5.41) is 2.97. The van der Waals surface area contributed by atoms with Crippen molar-refractivity contribution in [2.75, 3.05) is 42.3 Å². The van der Waals surface area contributed by atoms with E-state index in [1.54, 1.807) is 6.20 Å². The van der Waals surface area contributed by atoms with E-state index in [9.17, 15) is 4.79 Å². The second-order valence-corrected chi connectivity index (χ2v) is 7.59. The molecule has 0 spiro atoms. The molecule has 148 valence electrons. The van der Waals surface area contributed by atoms with Crippen LogP contribution < -0.4 is 19.9 Å². The lowest BCUT2D eigenvalue weighted by Crippen LogP contribution is -2.36. The van der Waals surface area contributed by atoms with Gasteiger partial charge in [-0.05, 0) is 43.7 Å². The maximum atomic E-state index is 12.8. The summed E-state index contributed by atoms with van der Waals surface area (Å²) in [6.07, 6.45) is 6.29. The first-order valence-corrected chi connectivity index (χ1v) is 9.96. The van der Waals surface area contributed by atoms with Crippen molar-refractivity contribution in [2.24, 2.45) is 0 Å². The molecule has 1 fully saturated rings. The highest BCUT2D eigenvalue weighted by Gasteiger charge is 2.27. The number of carbonyl (C=O) groups excluding carboxylic acids is 1. The molecule has 0 radical (unpaired) electrons. The van der Waals surface area contributed by atoms with Crippen molar-refractivity contribution in [1.29, 1.82) is 0 Å². The van der Waals surface area contributed by atoms with Crippen LogP contribution in [0.4, 0.5) is 17.5 Å². The third kappa shape index (κ3) is 3.88. The van der Waals surface area contributed by atoms with Crippen LogP contribution in [0.1, 0.15) is 31.2 Å². The second-order valence-electron chi connectivity index (χ2n) is 7.59. The highest BCUT2D eigenvalue weighted by atomic mass is 16.5. The summed E-state index contributed by atoms with van der Waals surface area (Å²) >= 11 is 0. The van der Waals surface area contributed by atoms with Crippen LogP contribution in [0.25, 0.3) is 0 Å². The van der Waals surface area contributed by atoms with Crippen molar-refractivity contribution in [3.05, 3.63) is 36.0 Å². The standard InChI is InChI=1S/C21H27N5O2/c1-25(2)19-16(14-22-21(24-19)26-12-6-3-7-13-26)23-20(27)18-11-10-15-8-4-5-9-17(15)28-18/h4-5,8-9,14,18H,3,6-7,10-13H2,1-2H3,(H,23,27). The molecule has 1 N–H and O–H groups in total. The number of aryl methyl sites for hydroxylation is 1. The van der Waals surface area contributed by atoms with Crippen molar-refractivity contribution in [1.82, 2.24) is 9.97 Å². The zero-order chi connectivity index (χ0) is 19.5. The molecule has 0 bridgehead atoms. The molecule has 2 aromatic rings. The Morgan fingerprint density at radius 3 is 2.79 bits per heavy atom. The molecule has 7 nitrogen and oxygen atoms in total. The van der Waals surface area contributed by atoms with Crippen LogP contribution in [0.3, 0.4) is 0 Å². The van der Waals surface area contributed by atoms with Crippen LogP contribution in [0, 0.1) is 0 Å². The molecule has 28 heavy (non-hydrogen) atoms. The number of hydrogen-bond donors (Lipinski definition) is 1. The summed E-state index contributed by atoms with van der Waals surface area (Å²) in [4.78, 5) is 26.2. The predicted molar refractivity (Wildman–Crippen MR) is 110 cm³/mol. The van der Waals surface area contributed by atoms with Crippen LogP contribution in [0.15, 0.2) is 30.5 Å². The second kappa shape index (κ2) is 8.04. The molecule has 2 aliphatic heterocycles. The number of nitrogens with zero attached hydrogens (tertiary/aromatic N) is 4.